The second kappa shape index (κ2) is 10.9. The van der Waals surface area contributed by atoms with Crippen LogP contribution in [0.3, 0.4) is 0 Å². The highest BCUT2D eigenvalue weighted by atomic mass is 127. The average Bonchev–Trinajstić information content (AvgIpc) is 2.38. The van der Waals surface area contributed by atoms with Crippen LogP contribution in [0, 0.1) is 6.92 Å². The Morgan fingerprint density at radius 1 is 1.37 bits per heavy atom. The number of para-hydroxylation sites is 1. The summed E-state index contributed by atoms with van der Waals surface area (Å²) >= 11 is 0. The van der Waals surface area contributed by atoms with E-state index in [9.17, 15) is 0 Å². The average molecular weight is 377 g/mol. The summed E-state index contributed by atoms with van der Waals surface area (Å²) < 4.78 is 5.68. The van der Waals surface area contributed by atoms with Crippen molar-refractivity contribution in [1.29, 1.82) is 0 Å². The molecule has 3 N–H and O–H groups in total. The lowest BCUT2D eigenvalue weighted by molar-refractivity contribution is 0.309. The van der Waals surface area contributed by atoms with E-state index >= 15 is 0 Å². The van der Waals surface area contributed by atoms with Gasteiger partial charge in [0.1, 0.15) is 5.75 Å². The van der Waals surface area contributed by atoms with Gasteiger partial charge in [-0.15, -0.1) is 24.0 Å². The van der Waals surface area contributed by atoms with Crippen molar-refractivity contribution in [2.45, 2.75) is 26.7 Å². The minimum absolute atomic E-state index is 0. The lowest BCUT2D eigenvalue weighted by Crippen LogP contribution is -2.33. The molecular weight excluding hydrogens is 353 g/mol. The summed E-state index contributed by atoms with van der Waals surface area (Å²) in [6, 6.07) is 8.02. The van der Waals surface area contributed by atoms with E-state index in [-0.39, 0.29) is 24.0 Å². The zero-order chi connectivity index (χ0) is 13.2. The molecule has 1 rings (SSSR count). The molecule has 0 aliphatic rings. The molecule has 0 radical (unpaired) electrons. The van der Waals surface area contributed by atoms with Crippen molar-refractivity contribution in [2.75, 3.05) is 19.7 Å². The SMILES string of the molecule is CCCN=C(N)NCCCOc1ccccc1C.I. The number of ether oxygens (including phenoxy) is 1. The van der Waals surface area contributed by atoms with Crippen LogP contribution >= 0.6 is 24.0 Å². The number of rotatable bonds is 7. The van der Waals surface area contributed by atoms with Gasteiger partial charge in [-0.1, -0.05) is 25.1 Å². The molecule has 108 valence electrons. The van der Waals surface area contributed by atoms with Gasteiger partial charge in [0.15, 0.2) is 5.96 Å². The maximum atomic E-state index is 5.68. The number of hydrogen-bond donors (Lipinski definition) is 2. The van der Waals surface area contributed by atoms with Gasteiger partial charge in [0.2, 0.25) is 0 Å². The normalized spacial score (nSPS) is 10.7. The number of nitrogens with zero attached hydrogens (tertiary/aromatic N) is 1. The molecule has 0 bridgehead atoms. The van der Waals surface area contributed by atoms with Gasteiger partial charge in [-0.3, -0.25) is 4.99 Å². The number of aliphatic imine (C=N–C) groups is 1. The summed E-state index contributed by atoms with van der Waals surface area (Å²) in [5, 5.41) is 3.07. The highest BCUT2D eigenvalue weighted by Gasteiger charge is 1.97. The predicted octanol–water partition coefficient (Wildman–Crippen LogP) is 2.70. The summed E-state index contributed by atoms with van der Waals surface area (Å²) in [7, 11) is 0. The third-order valence-electron chi connectivity index (χ3n) is 2.48. The van der Waals surface area contributed by atoms with Crippen LogP contribution in [0.5, 0.6) is 5.75 Å². The van der Waals surface area contributed by atoms with Crippen molar-refractivity contribution in [3.05, 3.63) is 29.8 Å². The van der Waals surface area contributed by atoms with Gasteiger partial charge in [-0.25, -0.2) is 0 Å². The molecule has 0 saturated heterocycles. The largest absolute Gasteiger partial charge is 0.493 e. The van der Waals surface area contributed by atoms with Crippen molar-refractivity contribution < 1.29 is 4.74 Å². The zero-order valence-electron chi connectivity index (χ0n) is 11.7. The Balaban J connectivity index is 0.00000324. The Hall–Kier alpha value is -0.980. The van der Waals surface area contributed by atoms with E-state index in [2.05, 4.69) is 17.2 Å². The summed E-state index contributed by atoms with van der Waals surface area (Å²) in [5.41, 5.74) is 6.84. The maximum absolute atomic E-state index is 5.68. The van der Waals surface area contributed by atoms with E-state index < -0.39 is 0 Å². The van der Waals surface area contributed by atoms with E-state index in [0.29, 0.717) is 12.6 Å². The lowest BCUT2D eigenvalue weighted by atomic mass is 10.2. The molecule has 0 aliphatic carbocycles. The van der Waals surface area contributed by atoms with E-state index in [1.165, 1.54) is 0 Å². The van der Waals surface area contributed by atoms with Gasteiger partial charge in [-0.2, -0.15) is 0 Å². The third kappa shape index (κ3) is 7.92. The molecule has 5 heteroatoms. The van der Waals surface area contributed by atoms with Crippen LogP contribution in [0.2, 0.25) is 0 Å². The molecule has 1 aromatic rings. The van der Waals surface area contributed by atoms with Crippen LogP contribution in [0.15, 0.2) is 29.3 Å². The Morgan fingerprint density at radius 2 is 2.11 bits per heavy atom. The molecule has 0 amide bonds. The molecule has 0 heterocycles. The monoisotopic (exact) mass is 377 g/mol. The van der Waals surface area contributed by atoms with Crippen molar-refractivity contribution in [3.8, 4) is 5.75 Å². The number of nitrogens with one attached hydrogen (secondary N) is 1. The molecule has 0 spiro atoms. The van der Waals surface area contributed by atoms with Crippen molar-refractivity contribution in [2.24, 2.45) is 10.7 Å². The fourth-order valence-electron chi connectivity index (χ4n) is 1.48. The van der Waals surface area contributed by atoms with E-state index in [1.54, 1.807) is 0 Å². The van der Waals surface area contributed by atoms with Crippen molar-refractivity contribution >= 4 is 29.9 Å². The first-order valence-corrected chi connectivity index (χ1v) is 6.46. The highest BCUT2D eigenvalue weighted by Crippen LogP contribution is 2.15. The number of nitrogens with two attached hydrogens (primary N) is 1. The lowest BCUT2D eigenvalue weighted by Gasteiger charge is -2.09. The Bertz CT molecular complexity index is 383. The number of hydrogen-bond acceptors (Lipinski definition) is 2. The van der Waals surface area contributed by atoms with E-state index in [0.717, 1.165) is 37.2 Å². The van der Waals surface area contributed by atoms with Crippen LogP contribution in [-0.2, 0) is 0 Å². The van der Waals surface area contributed by atoms with Gasteiger partial charge in [-0.05, 0) is 31.4 Å². The minimum Gasteiger partial charge on any atom is -0.493 e. The third-order valence-corrected chi connectivity index (χ3v) is 2.48. The van der Waals surface area contributed by atoms with Gasteiger partial charge in [0.05, 0.1) is 6.61 Å². The van der Waals surface area contributed by atoms with Crippen molar-refractivity contribution in [1.82, 2.24) is 5.32 Å². The molecular formula is C14H24IN3O. The number of halogens is 1. The number of aryl methyl sites for hydroxylation is 1. The first kappa shape index (κ1) is 18.0. The van der Waals surface area contributed by atoms with Crippen LogP contribution in [0.1, 0.15) is 25.3 Å². The smallest absolute Gasteiger partial charge is 0.188 e. The summed E-state index contributed by atoms with van der Waals surface area (Å²) in [6.45, 7) is 6.36. The molecule has 0 atom stereocenters. The first-order chi connectivity index (χ1) is 8.74. The maximum Gasteiger partial charge on any atom is 0.188 e. The molecule has 0 aromatic heterocycles. The highest BCUT2D eigenvalue weighted by molar-refractivity contribution is 14.0. The Kier molecular flexibility index (Phi) is 10.3. The van der Waals surface area contributed by atoms with Gasteiger partial charge in [0, 0.05) is 13.1 Å². The van der Waals surface area contributed by atoms with Crippen molar-refractivity contribution in [3.63, 3.8) is 0 Å². The first-order valence-electron chi connectivity index (χ1n) is 6.46. The molecule has 4 nitrogen and oxygen atoms in total. The Labute approximate surface area is 132 Å². The molecule has 0 unspecified atom stereocenters. The predicted molar refractivity (Wildman–Crippen MR) is 91.5 cm³/mol. The molecule has 0 aliphatic heterocycles. The van der Waals surface area contributed by atoms with E-state index in [4.69, 9.17) is 10.5 Å². The minimum atomic E-state index is 0. The van der Waals surface area contributed by atoms with Gasteiger partial charge in [0.25, 0.3) is 0 Å². The Morgan fingerprint density at radius 3 is 2.79 bits per heavy atom. The zero-order valence-corrected chi connectivity index (χ0v) is 14.0. The fourth-order valence-corrected chi connectivity index (χ4v) is 1.48. The molecule has 0 saturated carbocycles. The van der Waals surface area contributed by atoms with Crippen LogP contribution in [0.4, 0.5) is 0 Å². The second-order valence-corrected chi connectivity index (χ2v) is 4.16. The van der Waals surface area contributed by atoms with Gasteiger partial charge >= 0.3 is 0 Å². The number of benzene rings is 1. The van der Waals surface area contributed by atoms with E-state index in [1.807, 2.05) is 31.2 Å². The molecule has 19 heavy (non-hydrogen) atoms. The number of guanidine groups is 1. The topological polar surface area (TPSA) is 59.6 Å². The fraction of sp³-hybridized carbons (Fsp3) is 0.500. The summed E-state index contributed by atoms with van der Waals surface area (Å²) in [4.78, 5) is 4.16. The standard InChI is InChI=1S/C14H23N3O.HI/c1-3-9-16-14(15)17-10-6-11-18-13-8-5-4-7-12(13)2;/h4-5,7-8H,3,6,9-11H2,1-2H3,(H3,15,16,17);1H. The summed E-state index contributed by atoms with van der Waals surface area (Å²) in [6.07, 6.45) is 1.91. The summed E-state index contributed by atoms with van der Waals surface area (Å²) in [5.74, 6) is 1.47. The quantitative estimate of drug-likeness (QED) is 0.333. The van der Waals surface area contributed by atoms with Crippen LogP contribution in [0.25, 0.3) is 0 Å². The second-order valence-electron chi connectivity index (χ2n) is 4.16. The van der Waals surface area contributed by atoms with Gasteiger partial charge < -0.3 is 15.8 Å². The molecule has 1 aromatic carbocycles. The van der Waals surface area contributed by atoms with Crippen LogP contribution < -0.4 is 15.8 Å². The molecule has 0 fully saturated rings. The van der Waals surface area contributed by atoms with Crippen LogP contribution in [-0.4, -0.2) is 25.7 Å².